The zero-order chi connectivity index (χ0) is 10.4. The zero-order valence-corrected chi connectivity index (χ0v) is 9.68. The maximum Gasteiger partial charge on any atom is 0.136 e. The van der Waals surface area contributed by atoms with E-state index in [0.717, 1.165) is 37.9 Å². The molecule has 0 heterocycles. The first-order chi connectivity index (χ1) is 6.74. The van der Waals surface area contributed by atoms with E-state index in [1.165, 1.54) is 0 Å². The predicted molar refractivity (Wildman–Crippen MR) is 60.6 cm³/mol. The van der Waals surface area contributed by atoms with Gasteiger partial charge in [-0.05, 0) is 31.4 Å². The zero-order valence-electron chi connectivity index (χ0n) is 8.87. The van der Waals surface area contributed by atoms with Crippen molar-refractivity contribution < 1.29 is 9.90 Å². The van der Waals surface area contributed by atoms with Gasteiger partial charge in [0, 0.05) is 24.2 Å². The Kier molecular flexibility index (Phi) is 5.56. The van der Waals surface area contributed by atoms with E-state index in [-0.39, 0.29) is 6.61 Å². The molecule has 2 atom stereocenters. The molecule has 0 aromatic heterocycles. The second-order valence-corrected chi connectivity index (χ2v) is 5.58. The Morgan fingerprint density at radius 2 is 2.43 bits per heavy atom. The monoisotopic (exact) mass is 216 g/mol. The predicted octanol–water partition coefficient (Wildman–Crippen LogP) is 2.25. The summed E-state index contributed by atoms with van der Waals surface area (Å²) in [5.41, 5.74) is 0. The first kappa shape index (κ1) is 12.1. The van der Waals surface area contributed by atoms with E-state index in [2.05, 4.69) is 6.92 Å². The summed E-state index contributed by atoms with van der Waals surface area (Å²) in [5.74, 6) is 1.89. The van der Waals surface area contributed by atoms with Crippen molar-refractivity contribution in [1.82, 2.24) is 0 Å². The molecule has 0 bridgehead atoms. The van der Waals surface area contributed by atoms with E-state index in [9.17, 15) is 4.79 Å². The van der Waals surface area contributed by atoms with Gasteiger partial charge in [-0.1, -0.05) is 6.92 Å². The van der Waals surface area contributed by atoms with Crippen molar-refractivity contribution >= 4 is 17.5 Å². The van der Waals surface area contributed by atoms with Crippen molar-refractivity contribution in [3.63, 3.8) is 0 Å². The van der Waals surface area contributed by atoms with Crippen LogP contribution in [0.25, 0.3) is 0 Å². The number of aliphatic hydroxyl groups is 1. The number of rotatable bonds is 6. The van der Waals surface area contributed by atoms with Crippen LogP contribution in [0.3, 0.4) is 0 Å². The van der Waals surface area contributed by atoms with Gasteiger partial charge in [0.15, 0.2) is 0 Å². The van der Waals surface area contributed by atoms with Crippen molar-refractivity contribution in [3.05, 3.63) is 0 Å². The van der Waals surface area contributed by atoms with Crippen molar-refractivity contribution in [3.8, 4) is 0 Å². The van der Waals surface area contributed by atoms with Crippen LogP contribution in [0.15, 0.2) is 0 Å². The summed E-state index contributed by atoms with van der Waals surface area (Å²) in [4.78, 5) is 11.3. The maximum atomic E-state index is 11.3. The van der Waals surface area contributed by atoms with E-state index in [1.54, 1.807) is 0 Å². The molecule has 0 aromatic rings. The molecule has 1 aliphatic rings. The maximum absolute atomic E-state index is 11.3. The lowest BCUT2D eigenvalue weighted by molar-refractivity contribution is -0.120. The van der Waals surface area contributed by atoms with Gasteiger partial charge in [0.25, 0.3) is 0 Å². The van der Waals surface area contributed by atoms with Gasteiger partial charge >= 0.3 is 0 Å². The molecule has 2 nitrogen and oxygen atoms in total. The average Bonchev–Trinajstić information content (AvgIpc) is 2.52. The van der Waals surface area contributed by atoms with E-state index < -0.39 is 0 Å². The molecular formula is C11H20O2S. The molecule has 0 saturated heterocycles. The topological polar surface area (TPSA) is 37.3 Å². The minimum atomic E-state index is 0.274. The minimum Gasteiger partial charge on any atom is -0.396 e. The first-order valence-corrected chi connectivity index (χ1v) is 6.54. The van der Waals surface area contributed by atoms with Gasteiger partial charge < -0.3 is 5.11 Å². The van der Waals surface area contributed by atoms with Crippen LogP contribution >= 0.6 is 11.8 Å². The number of hydrogen-bond donors (Lipinski definition) is 1. The molecule has 1 aliphatic carbocycles. The van der Waals surface area contributed by atoms with E-state index >= 15 is 0 Å². The second-order valence-electron chi connectivity index (χ2n) is 4.04. The van der Waals surface area contributed by atoms with Gasteiger partial charge in [-0.25, -0.2) is 0 Å². The van der Waals surface area contributed by atoms with Crippen LogP contribution in [-0.2, 0) is 4.79 Å². The summed E-state index contributed by atoms with van der Waals surface area (Å²) < 4.78 is 0. The Labute approximate surface area is 90.5 Å². The number of carbonyl (C=O) groups is 1. The van der Waals surface area contributed by atoms with Crippen molar-refractivity contribution in [1.29, 1.82) is 0 Å². The molecule has 1 N–H and O–H groups in total. The van der Waals surface area contributed by atoms with Crippen LogP contribution in [-0.4, -0.2) is 28.5 Å². The highest BCUT2D eigenvalue weighted by Crippen LogP contribution is 2.26. The Hall–Kier alpha value is -0.0200. The summed E-state index contributed by atoms with van der Waals surface area (Å²) in [5, 5.41) is 9.25. The fourth-order valence-electron chi connectivity index (χ4n) is 1.87. The Balaban J connectivity index is 2.05. The average molecular weight is 216 g/mol. The van der Waals surface area contributed by atoms with Crippen LogP contribution < -0.4 is 0 Å². The van der Waals surface area contributed by atoms with Crippen LogP contribution in [0, 0.1) is 5.92 Å². The summed E-state index contributed by atoms with van der Waals surface area (Å²) >= 11 is 1.88. The van der Waals surface area contributed by atoms with Crippen LogP contribution in [0.2, 0.25) is 0 Å². The highest BCUT2D eigenvalue weighted by atomic mass is 32.2. The lowest BCUT2D eigenvalue weighted by Gasteiger charge is -2.11. The lowest BCUT2D eigenvalue weighted by Crippen LogP contribution is -2.08. The van der Waals surface area contributed by atoms with Gasteiger partial charge in [-0.3, -0.25) is 4.79 Å². The molecule has 0 spiro atoms. The molecule has 1 saturated carbocycles. The van der Waals surface area contributed by atoms with Gasteiger partial charge in [0.05, 0.1) is 0 Å². The second kappa shape index (κ2) is 6.46. The molecule has 82 valence electrons. The molecule has 0 amide bonds. The molecule has 1 rings (SSSR count). The van der Waals surface area contributed by atoms with Crippen LogP contribution in [0.1, 0.15) is 39.0 Å². The van der Waals surface area contributed by atoms with E-state index in [0.29, 0.717) is 17.0 Å². The molecule has 0 aromatic carbocycles. The fraction of sp³-hybridized carbons (Fsp3) is 0.909. The SMILES string of the molecule is CC(CCO)SCCC1CCCC1=O. The lowest BCUT2D eigenvalue weighted by atomic mass is 10.1. The highest BCUT2D eigenvalue weighted by molar-refractivity contribution is 7.99. The number of carbonyl (C=O) groups excluding carboxylic acids is 1. The molecule has 2 unspecified atom stereocenters. The number of Topliss-reactive ketones (excluding diaryl/α,β-unsaturated/α-hetero) is 1. The van der Waals surface area contributed by atoms with Crippen molar-refractivity contribution in [2.45, 2.75) is 44.3 Å². The third-order valence-electron chi connectivity index (χ3n) is 2.84. The molecule has 14 heavy (non-hydrogen) atoms. The Morgan fingerprint density at radius 3 is 3.00 bits per heavy atom. The van der Waals surface area contributed by atoms with Crippen LogP contribution in [0.5, 0.6) is 0 Å². The number of hydrogen-bond acceptors (Lipinski definition) is 3. The fourth-order valence-corrected chi connectivity index (χ4v) is 2.96. The molecule has 1 fully saturated rings. The number of aliphatic hydroxyl groups excluding tert-OH is 1. The smallest absolute Gasteiger partial charge is 0.136 e. The number of ketones is 1. The normalized spacial score (nSPS) is 24.1. The number of thioether (sulfide) groups is 1. The Morgan fingerprint density at radius 1 is 1.64 bits per heavy atom. The summed E-state index contributed by atoms with van der Waals surface area (Å²) in [6.45, 7) is 2.41. The first-order valence-electron chi connectivity index (χ1n) is 5.49. The third kappa shape index (κ3) is 4.01. The molecule has 0 aliphatic heterocycles. The van der Waals surface area contributed by atoms with Gasteiger partial charge in [0.1, 0.15) is 5.78 Å². The Bertz CT molecular complexity index is 182. The quantitative estimate of drug-likeness (QED) is 0.740. The van der Waals surface area contributed by atoms with Crippen molar-refractivity contribution in [2.75, 3.05) is 12.4 Å². The summed E-state index contributed by atoms with van der Waals surface area (Å²) in [6.07, 6.45) is 4.91. The molecular weight excluding hydrogens is 196 g/mol. The molecule has 3 heteroatoms. The largest absolute Gasteiger partial charge is 0.396 e. The van der Waals surface area contributed by atoms with E-state index in [4.69, 9.17) is 5.11 Å². The van der Waals surface area contributed by atoms with Gasteiger partial charge in [-0.15, -0.1) is 0 Å². The summed E-state index contributed by atoms with van der Waals surface area (Å²) in [7, 11) is 0. The molecule has 0 radical (unpaired) electrons. The van der Waals surface area contributed by atoms with E-state index in [1.807, 2.05) is 11.8 Å². The minimum absolute atomic E-state index is 0.274. The summed E-state index contributed by atoms with van der Waals surface area (Å²) in [6, 6.07) is 0. The third-order valence-corrected chi connectivity index (χ3v) is 4.11. The van der Waals surface area contributed by atoms with Gasteiger partial charge in [0.2, 0.25) is 0 Å². The van der Waals surface area contributed by atoms with Crippen LogP contribution in [0.4, 0.5) is 0 Å². The standard InChI is InChI=1S/C11H20O2S/c1-9(5-7-12)14-8-6-10-3-2-4-11(10)13/h9-10,12H,2-8H2,1H3. The van der Waals surface area contributed by atoms with Gasteiger partial charge in [-0.2, -0.15) is 11.8 Å². The highest BCUT2D eigenvalue weighted by Gasteiger charge is 2.23. The van der Waals surface area contributed by atoms with Crippen molar-refractivity contribution in [2.24, 2.45) is 5.92 Å².